The van der Waals surface area contributed by atoms with Crippen molar-refractivity contribution in [2.24, 2.45) is 5.41 Å². The molecule has 2 aromatic rings. The second-order valence-electron chi connectivity index (χ2n) is 8.56. The van der Waals surface area contributed by atoms with Crippen molar-refractivity contribution in [1.82, 2.24) is 19.8 Å². The standard InChI is InChI=1S/C22H28N4O3/c1-15(2)20-24-16-7-3-4-8-17(16)25(20)12-11-23-18(27)14-26-19(28)13-22(21(26)29)9-5-6-10-22/h3-4,7-8,15H,5-6,9-14H2,1-2H3,(H,23,27). The van der Waals surface area contributed by atoms with Crippen molar-refractivity contribution in [3.8, 4) is 0 Å². The van der Waals surface area contributed by atoms with Crippen LogP contribution in [0.25, 0.3) is 11.0 Å². The molecule has 4 rings (SSSR count). The van der Waals surface area contributed by atoms with Gasteiger partial charge in [-0.15, -0.1) is 0 Å². The number of aromatic nitrogens is 2. The lowest BCUT2D eigenvalue weighted by atomic mass is 9.84. The Morgan fingerprint density at radius 2 is 1.93 bits per heavy atom. The molecule has 1 aliphatic heterocycles. The van der Waals surface area contributed by atoms with Gasteiger partial charge in [-0.2, -0.15) is 0 Å². The monoisotopic (exact) mass is 396 g/mol. The van der Waals surface area contributed by atoms with Gasteiger partial charge in [0.25, 0.3) is 0 Å². The molecule has 1 saturated heterocycles. The number of nitrogens with one attached hydrogen (secondary N) is 1. The van der Waals surface area contributed by atoms with E-state index in [1.54, 1.807) is 0 Å². The quantitative estimate of drug-likeness (QED) is 0.761. The van der Waals surface area contributed by atoms with E-state index in [1.165, 1.54) is 0 Å². The Hall–Kier alpha value is -2.70. The first-order valence-electron chi connectivity index (χ1n) is 10.5. The van der Waals surface area contributed by atoms with Crippen LogP contribution in [0.2, 0.25) is 0 Å². The van der Waals surface area contributed by atoms with Gasteiger partial charge in [0.1, 0.15) is 12.4 Å². The predicted octanol–water partition coefficient (Wildman–Crippen LogP) is 2.60. The number of amides is 3. The first-order valence-corrected chi connectivity index (χ1v) is 10.5. The average molecular weight is 396 g/mol. The Morgan fingerprint density at radius 3 is 2.66 bits per heavy atom. The smallest absolute Gasteiger partial charge is 0.240 e. The summed E-state index contributed by atoms with van der Waals surface area (Å²) in [7, 11) is 0. The van der Waals surface area contributed by atoms with Gasteiger partial charge < -0.3 is 9.88 Å². The normalized spacial score (nSPS) is 18.5. The lowest BCUT2D eigenvalue weighted by Crippen LogP contribution is -2.42. The number of carbonyl (C=O) groups is 3. The maximum atomic E-state index is 12.7. The number of para-hydroxylation sites is 2. The molecule has 2 fully saturated rings. The van der Waals surface area contributed by atoms with E-state index in [2.05, 4.69) is 23.7 Å². The van der Waals surface area contributed by atoms with Crippen molar-refractivity contribution in [3.05, 3.63) is 30.1 Å². The van der Waals surface area contributed by atoms with Crippen molar-refractivity contribution in [1.29, 1.82) is 0 Å². The molecule has 7 nitrogen and oxygen atoms in total. The minimum Gasteiger partial charge on any atom is -0.353 e. The Labute approximate surface area is 170 Å². The second kappa shape index (κ2) is 7.61. The lowest BCUT2D eigenvalue weighted by Gasteiger charge is -2.20. The number of fused-ring (bicyclic) bond motifs is 1. The molecule has 1 aliphatic carbocycles. The first kappa shape index (κ1) is 19.6. The third kappa shape index (κ3) is 3.54. The molecule has 1 N–H and O–H groups in total. The number of imidazole rings is 1. The van der Waals surface area contributed by atoms with Crippen molar-refractivity contribution in [2.75, 3.05) is 13.1 Å². The molecule has 2 aliphatic rings. The molecular weight excluding hydrogens is 368 g/mol. The molecule has 29 heavy (non-hydrogen) atoms. The van der Waals surface area contributed by atoms with Crippen molar-refractivity contribution in [2.45, 2.75) is 58.4 Å². The maximum absolute atomic E-state index is 12.7. The molecular formula is C22H28N4O3. The number of benzene rings is 1. The van der Waals surface area contributed by atoms with Crippen molar-refractivity contribution >= 4 is 28.8 Å². The summed E-state index contributed by atoms with van der Waals surface area (Å²) in [6.45, 7) is 5.02. The van der Waals surface area contributed by atoms with Crippen LogP contribution >= 0.6 is 0 Å². The molecule has 1 saturated carbocycles. The number of likely N-dealkylation sites (tertiary alicyclic amines) is 1. The second-order valence-corrected chi connectivity index (χ2v) is 8.56. The topological polar surface area (TPSA) is 84.3 Å². The molecule has 0 radical (unpaired) electrons. The van der Waals surface area contributed by atoms with Gasteiger partial charge in [0.05, 0.1) is 16.4 Å². The molecule has 2 heterocycles. The van der Waals surface area contributed by atoms with Gasteiger partial charge in [-0.3, -0.25) is 19.3 Å². The maximum Gasteiger partial charge on any atom is 0.240 e. The average Bonchev–Trinajstić information content (AvgIpc) is 3.36. The summed E-state index contributed by atoms with van der Waals surface area (Å²) in [6, 6.07) is 7.96. The number of imide groups is 1. The molecule has 1 aromatic carbocycles. The fourth-order valence-corrected chi connectivity index (χ4v) is 4.74. The van der Waals surface area contributed by atoms with E-state index >= 15 is 0 Å². The van der Waals surface area contributed by atoms with Crippen LogP contribution in [-0.2, 0) is 20.9 Å². The van der Waals surface area contributed by atoms with Crippen molar-refractivity contribution < 1.29 is 14.4 Å². The minimum atomic E-state index is -0.529. The third-order valence-electron chi connectivity index (χ3n) is 6.21. The highest BCUT2D eigenvalue weighted by Gasteiger charge is 2.52. The molecule has 1 aromatic heterocycles. The van der Waals surface area contributed by atoms with E-state index in [1.807, 2.05) is 24.3 Å². The lowest BCUT2D eigenvalue weighted by molar-refractivity contribution is -0.144. The van der Waals surface area contributed by atoms with E-state index in [-0.39, 0.29) is 36.6 Å². The molecule has 7 heteroatoms. The van der Waals surface area contributed by atoms with Crippen LogP contribution in [0.1, 0.15) is 57.7 Å². The van der Waals surface area contributed by atoms with Crippen LogP contribution in [-0.4, -0.2) is 45.3 Å². The predicted molar refractivity (Wildman–Crippen MR) is 109 cm³/mol. The summed E-state index contributed by atoms with van der Waals surface area (Å²) >= 11 is 0. The summed E-state index contributed by atoms with van der Waals surface area (Å²) in [4.78, 5) is 43.3. The van der Waals surface area contributed by atoms with Crippen LogP contribution < -0.4 is 5.32 Å². The molecule has 0 atom stereocenters. The number of rotatable bonds is 6. The zero-order valence-corrected chi connectivity index (χ0v) is 17.1. The van der Waals surface area contributed by atoms with E-state index in [0.29, 0.717) is 13.1 Å². The largest absolute Gasteiger partial charge is 0.353 e. The zero-order chi connectivity index (χ0) is 20.6. The number of carbonyl (C=O) groups excluding carboxylic acids is 3. The third-order valence-corrected chi connectivity index (χ3v) is 6.21. The summed E-state index contributed by atoms with van der Waals surface area (Å²) in [6.07, 6.45) is 3.76. The molecule has 1 spiro atoms. The van der Waals surface area contributed by atoms with Gasteiger partial charge in [-0.05, 0) is 25.0 Å². The SMILES string of the molecule is CC(C)c1nc2ccccc2n1CCNC(=O)CN1C(=O)CC2(CCCC2)C1=O. The zero-order valence-electron chi connectivity index (χ0n) is 17.1. The highest BCUT2D eigenvalue weighted by atomic mass is 16.2. The van der Waals surface area contributed by atoms with Crippen molar-refractivity contribution in [3.63, 3.8) is 0 Å². The molecule has 154 valence electrons. The molecule has 0 unspecified atom stereocenters. The van der Waals surface area contributed by atoms with Crippen LogP contribution in [0.5, 0.6) is 0 Å². The molecule has 3 amide bonds. The Morgan fingerprint density at radius 1 is 1.21 bits per heavy atom. The minimum absolute atomic E-state index is 0.155. The van der Waals surface area contributed by atoms with E-state index in [9.17, 15) is 14.4 Å². The number of hydrogen-bond donors (Lipinski definition) is 1. The van der Waals surface area contributed by atoms with Crippen LogP contribution in [0, 0.1) is 5.41 Å². The fourth-order valence-electron chi connectivity index (χ4n) is 4.74. The van der Waals surface area contributed by atoms with Crippen LogP contribution in [0.15, 0.2) is 24.3 Å². The van der Waals surface area contributed by atoms with E-state index in [4.69, 9.17) is 4.98 Å². The molecule has 0 bridgehead atoms. The Kier molecular flexibility index (Phi) is 5.15. The van der Waals surface area contributed by atoms with Gasteiger partial charge in [0.2, 0.25) is 17.7 Å². The van der Waals surface area contributed by atoms with Crippen LogP contribution in [0.3, 0.4) is 0 Å². The highest BCUT2D eigenvalue weighted by Crippen LogP contribution is 2.46. The van der Waals surface area contributed by atoms with Gasteiger partial charge in [0, 0.05) is 25.4 Å². The summed E-state index contributed by atoms with van der Waals surface area (Å²) in [5.41, 5.74) is 1.45. The van der Waals surface area contributed by atoms with Gasteiger partial charge in [-0.1, -0.05) is 38.8 Å². The number of nitrogens with zero attached hydrogens (tertiary/aromatic N) is 3. The summed E-state index contributed by atoms with van der Waals surface area (Å²) < 4.78 is 2.12. The number of hydrogen-bond acceptors (Lipinski definition) is 4. The Balaban J connectivity index is 1.38. The summed E-state index contributed by atoms with van der Waals surface area (Å²) in [5.74, 6) is 0.582. The fraction of sp³-hybridized carbons (Fsp3) is 0.545. The van der Waals surface area contributed by atoms with E-state index < -0.39 is 5.41 Å². The highest BCUT2D eigenvalue weighted by molar-refractivity contribution is 6.08. The summed E-state index contributed by atoms with van der Waals surface area (Å²) in [5, 5.41) is 2.87. The Bertz CT molecular complexity index is 956. The van der Waals surface area contributed by atoms with Gasteiger partial charge in [-0.25, -0.2) is 4.98 Å². The van der Waals surface area contributed by atoms with E-state index in [0.717, 1.165) is 47.4 Å². The van der Waals surface area contributed by atoms with Crippen LogP contribution in [0.4, 0.5) is 0 Å². The first-order chi connectivity index (χ1) is 13.9. The van der Waals surface area contributed by atoms with Gasteiger partial charge >= 0.3 is 0 Å². The van der Waals surface area contributed by atoms with Gasteiger partial charge in [0.15, 0.2) is 0 Å².